The monoisotopic (exact) mass is 436 g/mol. The zero-order chi connectivity index (χ0) is 20.8. The standard InChI is InChI=1S/C16H19ClF6N2OS/c1-14(2,3)27(26)25-12(8-6-9(7-8)15(18,19)20)11-5-4-10(17)13(24-11)16(21,22)23/h4-5,8-9,12,25H,6-7H2,1-3H3/t8?,9?,12?,27-/m1/s1. The number of nitrogens with zero attached hydrogens (tertiary/aromatic N) is 1. The summed E-state index contributed by atoms with van der Waals surface area (Å²) in [5.74, 6) is -2.16. The van der Waals surface area contributed by atoms with E-state index in [-0.39, 0.29) is 18.5 Å². The maximum atomic E-state index is 13.1. The van der Waals surface area contributed by atoms with Crippen molar-refractivity contribution in [3.8, 4) is 0 Å². The Balaban J connectivity index is 2.35. The average Bonchev–Trinajstić information content (AvgIpc) is 2.41. The van der Waals surface area contributed by atoms with Gasteiger partial charge in [0.25, 0.3) is 0 Å². The van der Waals surface area contributed by atoms with Gasteiger partial charge < -0.3 is 0 Å². The third-order valence-corrected chi connectivity index (χ3v) is 6.24. The number of nitrogens with one attached hydrogen (secondary N) is 1. The number of aromatic nitrogens is 1. The molecule has 11 heteroatoms. The minimum absolute atomic E-state index is 0.130. The lowest BCUT2D eigenvalue weighted by atomic mass is 9.70. The third kappa shape index (κ3) is 5.35. The molecule has 0 aliphatic heterocycles. The van der Waals surface area contributed by atoms with Gasteiger partial charge in [0.15, 0.2) is 5.69 Å². The molecule has 0 amide bonds. The molecule has 27 heavy (non-hydrogen) atoms. The van der Waals surface area contributed by atoms with Crippen molar-refractivity contribution in [1.82, 2.24) is 9.71 Å². The number of hydrogen-bond acceptors (Lipinski definition) is 2. The molecule has 1 saturated carbocycles. The summed E-state index contributed by atoms with van der Waals surface area (Å²) in [7, 11) is -1.71. The number of pyridine rings is 1. The largest absolute Gasteiger partial charge is 0.434 e. The van der Waals surface area contributed by atoms with E-state index in [4.69, 9.17) is 11.6 Å². The molecule has 1 fully saturated rings. The van der Waals surface area contributed by atoms with E-state index >= 15 is 0 Å². The molecule has 0 spiro atoms. The van der Waals surface area contributed by atoms with Crippen LogP contribution in [0.5, 0.6) is 0 Å². The van der Waals surface area contributed by atoms with Crippen molar-refractivity contribution in [3.05, 3.63) is 28.5 Å². The number of alkyl halides is 6. The molecule has 1 N–H and O–H groups in total. The Bertz CT molecular complexity index is 710. The zero-order valence-corrected chi connectivity index (χ0v) is 16.3. The molecule has 2 atom stereocenters. The predicted octanol–water partition coefficient (Wildman–Crippen LogP) is 5.44. The van der Waals surface area contributed by atoms with Crippen LogP contribution in [0, 0.1) is 11.8 Å². The van der Waals surface area contributed by atoms with Crippen LogP contribution in [0.25, 0.3) is 0 Å². The SMILES string of the molecule is CC(C)(C)[S@@](=O)NC(c1ccc(Cl)c(C(F)(F)F)n1)C1CC(C(F)(F)F)C1. The van der Waals surface area contributed by atoms with Crippen molar-refractivity contribution in [2.75, 3.05) is 0 Å². The van der Waals surface area contributed by atoms with Gasteiger partial charge in [-0.05, 0) is 51.7 Å². The number of rotatable bonds is 4. The van der Waals surface area contributed by atoms with Crippen LogP contribution in [-0.4, -0.2) is 20.1 Å². The van der Waals surface area contributed by atoms with Gasteiger partial charge in [-0.15, -0.1) is 0 Å². The van der Waals surface area contributed by atoms with Crippen LogP contribution in [0.15, 0.2) is 12.1 Å². The molecule has 0 saturated heterocycles. The molecule has 1 aromatic rings. The van der Waals surface area contributed by atoms with Gasteiger partial charge >= 0.3 is 12.4 Å². The fourth-order valence-electron chi connectivity index (χ4n) is 2.72. The third-order valence-electron chi connectivity index (χ3n) is 4.35. The molecule has 154 valence electrons. The lowest BCUT2D eigenvalue weighted by Gasteiger charge is -2.41. The van der Waals surface area contributed by atoms with Crippen molar-refractivity contribution in [2.45, 2.75) is 56.8 Å². The summed E-state index contributed by atoms with van der Waals surface area (Å²) >= 11 is 5.56. The lowest BCUT2D eigenvalue weighted by molar-refractivity contribution is -0.206. The highest BCUT2D eigenvalue weighted by atomic mass is 35.5. The van der Waals surface area contributed by atoms with E-state index < -0.39 is 56.7 Å². The number of hydrogen-bond donors (Lipinski definition) is 1. The van der Waals surface area contributed by atoms with Gasteiger partial charge in [0, 0.05) is 0 Å². The van der Waals surface area contributed by atoms with Gasteiger partial charge in [-0.2, -0.15) is 26.3 Å². The van der Waals surface area contributed by atoms with E-state index in [0.717, 1.165) is 6.07 Å². The second-order valence-corrected chi connectivity index (χ2v) is 9.92. The minimum atomic E-state index is -4.81. The van der Waals surface area contributed by atoms with Crippen molar-refractivity contribution in [3.63, 3.8) is 0 Å². The first-order valence-electron chi connectivity index (χ1n) is 8.09. The quantitative estimate of drug-likeness (QED) is 0.639. The Kier molecular flexibility index (Phi) is 6.24. The van der Waals surface area contributed by atoms with Crippen LogP contribution < -0.4 is 4.72 Å². The summed E-state index contributed by atoms with van der Waals surface area (Å²) in [5, 5.41) is -0.608. The second kappa shape index (κ2) is 7.51. The fraction of sp³-hybridized carbons (Fsp3) is 0.688. The molecular weight excluding hydrogens is 418 g/mol. The Morgan fingerprint density at radius 1 is 1.15 bits per heavy atom. The molecule has 0 bridgehead atoms. The summed E-state index contributed by atoms with van der Waals surface area (Å²) < 4.78 is 92.0. The van der Waals surface area contributed by atoms with Crippen LogP contribution in [0.4, 0.5) is 26.3 Å². The van der Waals surface area contributed by atoms with E-state index in [9.17, 15) is 30.6 Å². The smallest absolute Gasteiger partial charge is 0.245 e. The topological polar surface area (TPSA) is 42.0 Å². The van der Waals surface area contributed by atoms with Crippen molar-refractivity contribution in [1.29, 1.82) is 0 Å². The average molecular weight is 437 g/mol. The first-order valence-corrected chi connectivity index (χ1v) is 9.62. The minimum Gasteiger partial charge on any atom is -0.245 e. The van der Waals surface area contributed by atoms with Crippen molar-refractivity contribution < 1.29 is 30.6 Å². The molecule has 1 unspecified atom stereocenters. The van der Waals surface area contributed by atoms with Gasteiger partial charge in [0.05, 0.1) is 38.4 Å². The van der Waals surface area contributed by atoms with Crippen LogP contribution in [0.3, 0.4) is 0 Å². The van der Waals surface area contributed by atoms with Crippen LogP contribution in [0.2, 0.25) is 5.02 Å². The second-order valence-electron chi connectivity index (χ2n) is 7.51. The Morgan fingerprint density at radius 2 is 1.70 bits per heavy atom. The van der Waals surface area contributed by atoms with Gasteiger partial charge in [0.1, 0.15) is 0 Å². The fourth-order valence-corrected chi connectivity index (χ4v) is 3.83. The normalized spacial score (nSPS) is 23.6. The lowest BCUT2D eigenvalue weighted by Crippen LogP contribution is -2.45. The van der Waals surface area contributed by atoms with Gasteiger partial charge in [-0.3, -0.25) is 0 Å². The van der Waals surface area contributed by atoms with E-state index in [1.165, 1.54) is 6.07 Å². The van der Waals surface area contributed by atoms with Crippen LogP contribution >= 0.6 is 11.6 Å². The zero-order valence-electron chi connectivity index (χ0n) is 14.7. The summed E-state index contributed by atoms with van der Waals surface area (Å²) in [5.41, 5.74) is -1.45. The van der Waals surface area contributed by atoms with Gasteiger partial charge in [-0.25, -0.2) is 13.9 Å². The molecule has 0 aromatic carbocycles. The molecule has 3 nitrogen and oxygen atoms in total. The van der Waals surface area contributed by atoms with Gasteiger partial charge in [0.2, 0.25) is 0 Å². The molecule has 1 aromatic heterocycles. The first kappa shape index (κ1) is 22.4. The summed E-state index contributed by atoms with van der Waals surface area (Å²) in [4.78, 5) is 3.53. The maximum Gasteiger partial charge on any atom is 0.434 e. The van der Waals surface area contributed by atoms with Crippen LogP contribution in [0.1, 0.15) is 51.0 Å². The highest BCUT2D eigenvalue weighted by Crippen LogP contribution is 2.49. The highest BCUT2D eigenvalue weighted by Gasteiger charge is 2.51. The summed E-state index contributed by atoms with van der Waals surface area (Å²) in [6, 6.07) is 1.21. The molecule has 1 heterocycles. The molecule has 1 aliphatic carbocycles. The van der Waals surface area contributed by atoms with Crippen LogP contribution in [-0.2, 0) is 17.2 Å². The summed E-state index contributed by atoms with van der Waals surface area (Å²) in [6.45, 7) is 4.93. The molecule has 1 aliphatic rings. The van der Waals surface area contributed by atoms with Crippen molar-refractivity contribution in [2.24, 2.45) is 11.8 Å². The molecular formula is C16H19ClF6N2OS. The first-order chi connectivity index (χ1) is 12.1. The summed E-state index contributed by atoms with van der Waals surface area (Å²) in [6.07, 6.45) is -9.72. The molecule has 2 rings (SSSR count). The Labute approximate surface area is 160 Å². The maximum absolute atomic E-state index is 13.1. The Hall–Kier alpha value is -0.870. The van der Waals surface area contributed by atoms with Crippen molar-refractivity contribution >= 4 is 22.6 Å². The van der Waals surface area contributed by atoms with E-state index in [1.54, 1.807) is 20.8 Å². The number of halogens is 7. The van der Waals surface area contributed by atoms with E-state index in [0.29, 0.717) is 0 Å². The Morgan fingerprint density at radius 3 is 2.15 bits per heavy atom. The van der Waals surface area contributed by atoms with E-state index in [2.05, 4.69) is 9.71 Å². The van der Waals surface area contributed by atoms with E-state index in [1.807, 2.05) is 0 Å². The predicted molar refractivity (Wildman–Crippen MR) is 90.3 cm³/mol. The highest BCUT2D eigenvalue weighted by molar-refractivity contribution is 7.84. The molecule has 0 radical (unpaired) electrons. The van der Waals surface area contributed by atoms with Gasteiger partial charge in [-0.1, -0.05) is 11.6 Å².